The molecule has 1 unspecified atom stereocenters. The van der Waals surface area contributed by atoms with Crippen LogP contribution in [0.3, 0.4) is 0 Å². The van der Waals surface area contributed by atoms with E-state index in [-0.39, 0.29) is 36.0 Å². The Labute approximate surface area is 251 Å². The number of carbonyl (C=O) groups excluding carboxylic acids is 1. The minimum atomic E-state index is -4.22. The fraction of sp³-hybridized carbons (Fsp3) is 0.412. The molecule has 42 heavy (non-hydrogen) atoms. The number of carboxylic acid groups (broad SMARTS) is 1. The maximum Gasteiger partial charge on any atom is 0.389 e. The largest absolute Gasteiger partial charge is 0.481 e. The molecule has 0 radical (unpaired) electrons. The van der Waals surface area contributed by atoms with Crippen molar-refractivity contribution >= 4 is 23.6 Å². The normalized spacial score (nSPS) is 12.7. The third-order valence-corrected chi connectivity index (χ3v) is 8.59. The van der Waals surface area contributed by atoms with E-state index >= 15 is 0 Å². The molecule has 0 spiro atoms. The first kappa shape index (κ1) is 33.2. The van der Waals surface area contributed by atoms with Crippen LogP contribution in [0.1, 0.15) is 84.3 Å². The summed E-state index contributed by atoms with van der Waals surface area (Å²) in [6.45, 7) is 10.8. The second-order valence-electron chi connectivity index (χ2n) is 11.9. The molecule has 1 amide bonds. The summed E-state index contributed by atoms with van der Waals surface area (Å²) >= 11 is 1.53. The van der Waals surface area contributed by atoms with Crippen LogP contribution < -0.4 is 0 Å². The first-order valence-electron chi connectivity index (χ1n) is 14.1. The molecule has 226 valence electrons. The Kier molecular flexibility index (Phi) is 10.9. The standard InChI is InChI=1S/C34H40F3NO3S/c1-22-20-28(21-23(2)31(22)25-13-15-27(16-14-25)33(3,4)5)42-29(8-7-18-34(35,36)37)24-9-11-26(12-10-24)32(41)38(6)19-17-30(39)40/h9-16,20-21,29H,7-8,17-19H2,1-6H3,(H,39,40). The van der Waals surface area contributed by atoms with E-state index in [1.54, 1.807) is 31.3 Å². The predicted molar refractivity (Wildman–Crippen MR) is 164 cm³/mol. The van der Waals surface area contributed by atoms with Crippen molar-refractivity contribution < 1.29 is 27.9 Å². The lowest BCUT2D eigenvalue weighted by molar-refractivity contribution is -0.137. The topological polar surface area (TPSA) is 57.6 Å². The van der Waals surface area contributed by atoms with Crippen molar-refractivity contribution in [2.45, 2.75) is 82.0 Å². The molecule has 0 aliphatic rings. The third-order valence-electron chi connectivity index (χ3n) is 7.29. The number of hydrogen-bond acceptors (Lipinski definition) is 3. The van der Waals surface area contributed by atoms with Gasteiger partial charge in [-0.3, -0.25) is 9.59 Å². The van der Waals surface area contributed by atoms with Gasteiger partial charge in [0.2, 0.25) is 0 Å². The van der Waals surface area contributed by atoms with Crippen LogP contribution in [-0.4, -0.2) is 41.7 Å². The Balaban J connectivity index is 1.85. The Morgan fingerprint density at radius 1 is 0.929 bits per heavy atom. The average Bonchev–Trinajstić information content (AvgIpc) is 2.89. The van der Waals surface area contributed by atoms with Gasteiger partial charge in [0.25, 0.3) is 5.91 Å². The Hall–Kier alpha value is -3.26. The molecule has 3 aromatic rings. The number of alkyl halides is 3. The first-order chi connectivity index (χ1) is 19.5. The van der Waals surface area contributed by atoms with Crippen LogP contribution in [0.25, 0.3) is 11.1 Å². The highest BCUT2D eigenvalue weighted by molar-refractivity contribution is 7.99. The summed E-state index contributed by atoms with van der Waals surface area (Å²) in [6.07, 6.45) is -4.90. The zero-order chi connectivity index (χ0) is 31.2. The van der Waals surface area contributed by atoms with Gasteiger partial charge in [-0.25, -0.2) is 0 Å². The number of aryl methyl sites for hydroxylation is 2. The number of amides is 1. The second-order valence-corrected chi connectivity index (χ2v) is 13.1. The van der Waals surface area contributed by atoms with E-state index in [2.05, 4.69) is 71.0 Å². The minimum Gasteiger partial charge on any atom is -0.481 e. The van der Waals surface area contributed by atoms with Gasteiger partial charge >= 0.3 is 12.1 Å². The summed E-state index contributed by atoms with van der Waals surface area (Å²) in [5, 5.41) is 8.65. The van der Waals surface area contributed by atoms with Crippen molar-refractivity contribution in [3.63, 3.8) is 0 Å². The van der Waals surface area contributed by atoms with Crippen LogP contribution in [0.15, 0.2) is 65.6 Å². The number of nitrogens with zero attached hydrogens (tertiary/aromatic N) is 1. The first-order valence-corrected chi connectivity index (χ1v) is 15.0. The summed E-state index contributed by atoms with van der Waals surface area (Å²) in [5.74, 6) is -1.29. The highest BCUT2D eigenvalue weighted by Crippen LogP contribution is 2.42. The van der Waals surface area contributed by atoms with Gasteiger partial charge < -0.3 is 10.0 Å². The summed E-state index contributed by atoms with van der Waals surface area (Å²) < 4.78 is 38.9. The van der Waals surface area contributed by atoms with Gasteiger partial charge in [0.05, 0.1) is 6.42 Å². The van der Waals surface area contributed by atoms with Crippen LogP contribution in [0.2, 0.25) is 0 Å². The van der Waals surface area contributed by atoms with Crippen molar-refractivity contribution in [1.82, 2.24) is 4.90 Å². The minimum absolute atomic E-state index is 0.00402. The fourth-order valence-electron chi connectivity index (χ4n) is 4.96. The summed E-state index contributed by atoms with van der Waals surface area (Å²) in [7, 11) is 1.54. The maximum absolute atomic E-state index is 13.0. The molecule has 0 aromatic heterocycles. The second kappa shape index (κ2) is 13.8. The summed E-state index contributed by atoms with van der Waals surface area (Å²) in [6, 6.07) is 19.7. The van der Waals surface area contributed by atoms with Crippen molar-refractivity contribution in [1.29, 1.82) is 0 Å². The molecule has 0 aliphatic carbocycles. The highest BCUT2D eigenvalue weighted by atomic mass is 32.2. The third kappa shape index (κ3) is 9.38. The van der Waals surface area contributed by atoms with Gasteiger partial charge in [0, 0.05) is 35.7 Å². The van der Waals surface area contributed by atoms with Crippen LogP contribution in [0.5, 0.6) is 0 Å². The van der Waals surface area contributed by atoms with Gasteiger partial charge in [-0.2, -0.15) is 13.2 Å². The van der Waals surface area contributed by atoms with Gasteiger partial charge in [-0.05, 0) is 89.8 Å². The molecule has 0 saturated carbocycles. The van der Waals surface area contributed by atoms with E-state index in [1.807, 2.05) is 0 Å². The molecule has 1 atom stereocenters. The van der Waals surface area contributed by atoms with E-state index < -0.39 is 18.6 Å². The molecule has 1 N–H and O–H groups in total. The van der Waals surface area contributed by atoms with Crippen molar-refractivity contribution in [2.24, 2.45) is 0 Å². The molecule has 8 heteroatoms. The lowest BCUT2D eigenvalue weighted by Gasteiger charge is -2.21. The number of carbonyl (C=O) groups is 2. The lowest BCUT2D eigenvalue weighted by atomic mass is 9.85. The molecule has 0 heterocycles. The molecule has 0 bridgehead atoms. The van der Waals surface area contributed by atoms with Crippen LogP contribution in [-0.2, 0) is 10.2 Å². The van der Waals surface area contributed by atoms with Gasteiger partial charge in [0.1, 0.15) is 0 Å². The summed E-state index contributed by atoms with van der Waals surface area (Å²) in [4.78, 5) is 25.9. The average molecular weight is 600 g/mol. The van der Waals surface area contributed by atoms with Crippen LogP contribution >= 0.6 is 11.8 Å². The number of halogens is 3. The Morgan fingerprint density at radius 3 is 2.00 bits per heavy atom. The van der Waals surface area contributed by atoms with E-state index in [1.165, 1.54) is 22.2 Å². The SMILES string of the molecule is Cc1cc(SC(CCCC(F)(F)F)c2ccc(C(=O)N(C)CCC(=O)O)cc2)cc(C)c1-c1ccc(C(C)(C)C)cc1. The van der Waals surface area contributed by atoms with E-state index in [4.69, 9.17) is 5.11 Å². The molecular formula is C34H40F3NO3S. The van der Waals surface area contributed by atoms with Crippen molar-refractivity contribution in [3.05, 3.63) is 88.5 Å². The highest BCUT2D eigenvalue weighted by Gasteiger charge is 2.27. The van der Waals surface area contributed by atoms with Gasteiger partial charge in [-0.15, -0.1) is 11.8 Å². The molecule has 3 aromatic carbocycles. The number of thioether (sulfide) groups is 1. The van der Waals surface area contributed by atoms with Crippen molar-refractivity contribution in [2.75, 3.05) is 13.6 Å². The predicted octanol–water partition coefficient (Wildman–Crippen LogP) is 9.38. The van der Waals surface area contributed by atoms with Crippen LogP contribution in [0.4, 0.5) is 13.2 Å². The number of benzene rings is 3. The number of hydrogen-bond donors (Lipinski definition) is 1. The van der Waals surface area contributed by atoms with E-state index in [0.717, 1.165) is 32.7 Å². The zero-order valence-electron chi connectivity index (χ0n) is 25.1. The van der Waals surface area contributed by atoms with Gasteiger partial charge in [-0.1, -0.05) is 57.2 Å². The number of rotatable bonds is 11. The molecule has 3 rings (SSSR count). The van der Waals surface area contributed by atoms with E-state index in [9.17, 15) is 22.8 Å². The molecular weight excluding hydrogens is 559 g/mol. The monoisotopic (exact) mass is 599 g/mol. The quantitative estimate of drug-likeness (QED) is 0.223. The van der Waals surface area contributed by atoms with Gasteiger partial charge in [0.15, 0.2) is 0 Å². The Bertz CT molecular complexity index is 1350. The number of carboxylic acids is 1. The van der Waals surface area contributed by atoms with Crippen molar-refractivity contribution in [3.8, 4) is 11.1 Å². The van der Waals surface area contributed by atoms with Crippen LogP contribution in [0, 0.1) is 13.8 Å². The lowest BCUT2D eigenvalue weighted by Crippen LogP contribution is -2.29. The molecule has 0 fully saturated rings. The zero-order valence-corrected chi connectivity index (χ0v) is 26.0. The Morgan fingerprint density at radius 2 is 1.50 bits per heavy atom. The number of aliphatic carboxylic acids is 1. The fourth-order valence-corrected chi connectivity index (χ4v) is 6.35. The maximum atomic E-state index is 13.0. The summed E-state index contributed by atoms with van der Waals surface area (Å²) in [5.41, 5.74) is 7.04. The molecule has 4 nitrogen and oxygen atoms in total. The van der Waals surface area contributed by atoms with E-state index in [0.29, 0.717) is 12.0 Å². The molecule has 0 aliphatic heterocycles. The molecule has 0 saturated heterocycles. The smallest absolute Gasteiger partial charge is 0.389 e.